The highest BCUT2D eigenvalue weighted by molar-refractivity contribution is 5.19. The summed E-state index contributed by atoms with van der Waals surface area (Å²) < 4.78 is 0. The van der Waals surface area contributed by atoms with Crippen LogP contribution >= 0.6 is 0 Å². The molecule has 2 aliphatic rings. The lowest BCUT2D eigenvalue weighted by molar-refractivity contribution is 0.413. The van der Waals surface area contributed by atoms with E-state index >= 15 is 0 Å². The molecule has 0 heterocycles. The molecule has 0 radical (unpaired) electrons. The van der Waals surface area contributed by atoms with Crippen molar-refractivity contribution >= 4 is 0 Å². The van der Waals surface area contributed by atoms with Gasteiger partial charge in [0.2, 0.25) is 0 Å². The van der Waals surface area contributed by atoms with E-state index in [4.69, 9.17) is 0 Å². The minimum absolute atomic E-state index is 0.915. The fraction of sp³-hybridized carbons (Fsp3) is 0.714. The van der Waals surface area contributed by atoms with Crippen molar-refractivity contribution in [3.8, 4) is 0 Å². The van der Waals surface area contributed by atoms with Gasteiger partial charge in [-0.1, -0.05) is 43.6 Å². The summed E-state index contributed by atoms with van der Waals surface area (Å²) >= 11 is 0. The van der Waals surface area contributed by atoms with E-state index in [9.17, 15) is 0 Å². The van der Waals surface area contributed by atoms with Gasteiger partial charge in [-0.25, -0.2) is 0 Å². The first kappa shape index (κ1) is 10.0. The molecule has 0 aliphatic heterocycles. The molecule has 2 aliphatic carbocycles. The van der Waals surface area contributed by atoms with Gasteiger partial charge in [-0.2, -0.15) is 0 Å². The smallest absolute Gasteiger partial charge is 0.0174 e. The van der Waals surface area contributed by atoms with Gasteiger partial charge >= 0.3 is 0 Å². The van der Waals surface area contributed by atoms with Crippen LogP contribution in [-0.4, -0.2) is 0 Å². The summed E-state index contributed by atoms with van der Waals surface area (Å²) in [5, 5.41) is 0. The molecule has 2 unspecified atom stereocenters. The summed E-state index contributed by atoms with van der Waals surface area (Å²) in [7, 11) is 0. The van der Waals surface area contributed by atoms with Gasteiger partial charge in [0.15, 0.2) is 0 Å². The van der Waals surface area contributed by atoms with E-state index < -0.39 is 0 Å². The minimum atomic E-state index is 0.915. The van der Waals surface area contributed by atoms with E-state index in [-0.39, 0.29) is 0 Å². The number of hydrogen-bond acceptors (Lipinski definition) is 0. The van der Waals surface area contributed by atoms with Crippen LogP contribution in [0.1, 0.15) is 51.9 Å². The van der Waals surface area contributed by atoms with Gasteiger partial charge in [0, 0.05) is 0 Å². The normalized spacial score (nSPS) is 33.6. The first-order valence-corrected chi connectivity index (χ1v) is 6.23. The van der Waals surface area contributed by atoms with Crippen molar-refractivity contribution < 1.29 is 0 Å². The topological polar surface area (TPSA) is 0 Å². The third-order valence-electron chi connectivity index (χ3n) is 3.88. The van der Waals surface area contributed by atoms with Crippen LogP contribution in [0, 0.1) is 11.8 Å². The van der Waals surface area contributed by atoms with Crippen LogP contribution in [0.3, 0.4) is 0 Å². The van der Waals surface area contributed by atoms with Crippen LogP contribution in [0.4, 0.5) is 0 Å². The third kappa shape index (κ3) is 2.29. The van der Waals surface area contributed by atoms with Gasteiger partial charge < -0.3 is 0 Å². The molecule has 78 valence electrons. The molecular weight excluding hydrogens is 168 g/mol. The number of rotatable bonds is 0. The number of hydrogen-bond donors (Lipinski definition) is 0. The average molecular weight is 190 g/mol. The zero-order valence-electron chi connectivity index (χ0n) is 9.34. The van der Waals surface area contributed by atoms with Crippen molar-refractivity contribution in [2.75, 3.05) is 0 Å². The van der Waals surface area contributed by atoms with Crippen LogP contribution in [0.5, 0.6) is 0 Å². The van der Waals surface area contributed by atoms with Crippen LogP contribution in [0.25, 0.3) is 0 Å². The first-order chi connectivity index (χ1) is 6.88. The van der Waals surface area contributed by atoms with Crippen LogP contribution in [-0.2, 0) is 0 Å². The average Bonchev–Trinajstić information content (AvgIpc) is 2.55. The highest BCUT2D eigenvalue weighted by Crippen LogP contribution is 2.39. The molecule has 1 saturated carbocycles. The van der Waals surface area contributed by atoms with Crippen molar-refractivity contribution in [3.05, 3.63) is 23.8 Å². The summed E-state index contributed by atoms with van der Waals surface area (Å²) in [5.41, 5.74) is 1.73. The van der Waals surface area contributed by atoms with Gasteiger partial charge in [0.05, 0.1) is 0 Å². The largest absolute Gasteiger partial charge is 0.0845 e. The molecule has 0 N–H and O–H groups in total. The highest BCUT2D eigenvalue weighted by atomic mass is 14.3. The van der Waals surface area contributed by atoms with Gasteiger partial charge in [0.25, 0.3) is 0 Å². The molecule has 0 nitrogen and oxygen atoms in total. The molecule has 0 saturated heterocycles. The zero-order valence-corrected chi connectivity index (χ0v) is 9.34. The summed E-state index contributed by atoms with van der Waals surface area (Å²) in [6.07, 6.45) is 16.8. The fourth-order valence-electron chi connectivity index (χ4n) is 2.91. The number of fused-ring (bicyclic) bond motifs is 1. The SMILES string of the molecule is CC1CCC2=CC=CCCCCCC21. The van der Waals surface area contributed by atoms with Crippen molar-refractivity contribution in [2.45, 2.75) is 51.9 Å². The second-order valence-electron chi connectivity index (χ2n) is 4.93. The third-order valence-corrected chi connectivity index (χ3v) is 3.88. The maximum atomic E-state index is 2.43. The molecule has 0 amide bonds. The predicted octanol–water partition coefficient (Wildman–Crippen LogP) is 4.48. The van der Waals surface area contributed by atoms with Gasteiger partial charge in [-0.15, -0.1) is 0 Å². The molecule has 2 rings (SSSR count). The Morgan fingerprint density at radius 2 is 2.07 bits per heavy atom. The second kappa shape index (κ2) is 4.82. The van der Waals surface area contributed by atoms with Crippen molar-refractivity contribution in [3.63, 3.8) is 0 Å². The van der Waals surface area contributed by atoms with Crippen LogP contribution in [0.15, 0.2) is 23.8 Å². The summed E-state index contributed by atoms with van der Waals surface area (Å²) in [6, 6.07) is 0. The maximum Gasteiger partial charge on any atom is -0.0174 e. The molecule has 0 aromatic heterocycles. The Hall–Kier alpha value is -0.520. The quantitative estimate of drug-likeness (QED) is 0.528. The monoisotopic (exact) mass is 190 g/mol. The van der Waals surface area contributed by atoms with Gasteiger partial charge in [-0.05, 0) is 43.9 Å². The van der Waals surface area contributed by atoms with E-state index in [1.807, 2.05) is 0 Å². The minimum Gasteiger partial charge on any atom is -0.0845 e. The summed E-state index contributed by atoms with van der Waals surface area (Å²) in [4.78, 5) is 0. The molecule has 0 aromatic rings. The summed E-state index contributed by atoms with van der Waals surface area (Å²) in [6.45, 7) is 2.43. The predicted molar refractivity (Wildman–Crippen MR) is 62.2 cm³/mol. The Morgan fingerprint density at radius 1 is 1.14 bits per heavy atom. The van der Waals surface area contributed by atoms with Gasteiger partial charge in [-0.3, -0.25) is 0 Å². The first-order valence-electron chi connectivity index (χ1n) is 6.23. The van der Waals surface area contributed by atoms with E-state index in [0.29, 0.717) is 0 Å². The van der Waals surface area contributed by atoms with Crippen molar-refractivity contribution in [1.82, 2.24) is 0 Å². The zero-order chi connectivity index (χ0) is 9.80. The lowest BCUT2D eigenvalue weighted by atomic mass is 9.88. The maximum absolute atomic E-state index is 2.43. The van der Waals surface area contributed by atoms with Crippen molar-refractivity contribution in [2.24, 2.45) is 11.8 Å². The van der Waals surface area contributed by atoms with E-state index in [1.54, 1.807) is 5.57 Å². The Morgan fingerprint density at radius 3 is 3.00 bits per heavy atom. The van der Waals surface area contributed by atoms with Crippen LogP contribution in [0.2, 0.25) is 0 Å². The fourth-order valence-corrected chi connectivity index (χ4v) is 2.91. The molecular formula is C14H22. The van der Waals surface area contributed by atoms with E-state index in [1.165, 1.54) is 44.9 Å². The Kier molecular flexibility index (Phi) is 3.44. The van der Waals surface area contributed by atoms with Gasteiger partial charge in [0.1, 0.15) is 0 Å². The second-order valence-corrected chi connectivity index (χ2v) is 4.93. The Balaban J connectivity index is 2.09. The number of allylic oxidation sites excluding steroid dienone is 4. The molecule has 0 spiro atoms. The molecule has 0 bridgehead atoms. The molecule has 14 heavy (non-hydrogen) atoms. The molecule has 0 aromatic carbocycles. The molecule has 1 fully saturated rings. The van der Waals surface area contributed by atoms with Crippen LogP contribution < -0.4 is 0 Å². The Labute approximate surface area is 88.1 Å². The highest BCUT2D eigenvalue weighted by Gasteiger charge is 2.26. The molecule has 0 heteroatoms. The lowest BCUT2D eigenvalue weighted by Crippen LogP contribution is -2.06. The lowest BCUT2D eigenvalue weighted by Gasteiger charge is -2.17. The Bertz CT molecular complexity index is 234. The van der Waals surface area contributed by atoms with Crippen molar-refractivity contribution in [1.29, 1.82) is 0 Å². The van der Waals surface area contributed by atoms with E-state index in [2.05, 4.69) is 25.2 Å². The summed E-state index contributed by atoms with van der Waals surface area (Å²) in [5.74, 6) is 1.85. The molecule has 2 atom stereocenters. The standard InChI is InChI=1S/C14H22/c1-12-10-11-13-8-6-4-2-3-5-7-9-14(12)13/h4,6,8,12,14H,2-3,5,7,9-11H2,1H3. The van der Waals surface area contributed by atoms with E-state index in [0.717, 1.165) is 11.8 Å².